The van der Waals surface area contributed by atoms with Crippen LogP contribution in [0.4, 0.5) is 0 Å². The predicted molar refractivity (Wildman–Crippen MR) is 105 cm³/mol. The molecule has 1 aromatic rings. The molecule has 4 nitrogen and oxygen atoms in total. The van der Waals surface area contributed by atoms with E-state index in [1.54, 1.807) is 11.3 Å². The zero-order valence-electron chi connectivity index (χ0n) is 16.5. The van der Waals surface area contributed by atoms with E-state index in [-0.39, 0.29) is 17.8 Å². The minimum atomic E-state index is -0.112. The first-order valence-electron chi connectivity index (χ1n) is 9.87. The number of piperidine rings is 1. The number of nitrogens with zero attached hydrogens (tertiary/aromatic N) is 1. The lowest BCUT2D eigenvalue weighted by Gasteiger charge is -2.33. The third-order valence-corrected chi connectivity index (χ3v) is 7.15. The smallest absolute Gasteiger partial charge is 0.309 e. The second-order valence-electron chi connectivity index (χ2n) is 8.68. The summed E-state index contributed by atoms with van der Waals surface area (Å²) in [5.41, 5.74) is 1.70. The molecule has 0 saturated carbocycles. The largest absolute Gasteiger partial charge is 0.466 e. The second kappa shape index (κ2) is 7.71. The van der Waals surface area contributed by atoms with E-state index in [4.69, 9.17) is 4.74 Å². The Morgan fingerprint density at radius 3 is 2.54 bits per heavy atom. The van der Waals surface area contributed by atoms with E-state index in [2.05, 4.69) is 26.8 Å². The summed E-state index contributed by atoms with van der Waals surface area (Å²) in [6.45, 7) is 10.5. The monoisotopic (exact) mass is 377 g/mol. The lowest BCUT2D eigenvalue weighted by molar-refractivity contribution is -0.149. The predicted octanol–water partition coefficient (Wildman–Crippen LogP) is 4.31. The van der Waals surface area contributed by atoms with Gasteiger partial charge in [0.1, 0.15) is 0 Å². The molecule has 1 aliphatic carbocycles. The molecule has 0 bridgehead atoms. The number of aryl methyl sites for hydroxylation is 1. The average molecular weight is 378 g/mol. The van der Waals surface area contributed by atoms with Crippen molar-refractivity contribution in [1.82, 2.24) is 4.90 Å². The van der Waals surface area contributed by atoms with Crippen LogP contribution >= 0.6 is 11.3 Å². The maximum atomic E-state index is 12.9. The van der Waals surface area contributed by atoms with Gasteiger partial charge in [0.15, 0.2) is 0 Å². The number of ether oxygens (including phenoxy) is 1. The van der Waals surface area contributed by atoms with Gasteiger partial charge in [-0.15, -0.1) is 11.3 Å². The highest BCUT2D eigenvalue weighted by Crippen LogP contribution is 2.40. The third kappa shape index (κ3) is 4.13. The van der Waals surface area contributed by atoms with Crippen LogP contribution in [0.3, 0.4) is 0 Å². The fourth-order valence-corrected chi connectivity index (χ4v) is 5.28. The number of rotatable bonds is 3. The molecule has 2 heterocycles. The van der Waals surface area contributed by atoms with Gasteiger partial charge in [0, 0.05) is 18.0 Å². The molecular formula is C21H31NO3S. The van der Waals surface area contributed by atoms with Gasteiger partial charge in [-0.2, -0.15) is 0 Å². The number of esters is 1. The highest BCUT2D eigenvalue weighted by Gasteiger charge is 2.32. The fraction of sp³-hybridized carbons (Fsp3) is 0.714. The van der Waals surface area contributed by atoms with Crippen LogP contribution in [0.15, 0.2) is 6.07 Å². The summed E-state index contributed by atoms with van der Waals surface area (Å²) in [6.07, 6.45) is 4.83. The summed E-state index contributed by atoms with van der Waals surface area (Å²) < 4.78 is 5.11. The number of hydrogen-bond acceptors (Lipinski definition) is 4. The van der Waals surface area contributed by atoms with Gasteiger partial charge in [0.25, 0.3) is 5.91 Å². The third-order valence-electron chi connectivity index (χ3n) is 5.92. The molecule has 1 fully saturated rings. The number of amides is 1. The Labute approximate surface area is 160 Å². The van der Waals surface area contributed by atoms with Crippen molar-refractivity contribution < 1.29 is 14.3 Å². The average Bonchev–Trinajstić information content (AvgIpc) is 3.04. The highest BCUT2D eigenvalue weighted by atomic mass is 32.1. The van der Waals surface area contributed by atoms with Gasteiger partial charge >= 0.3 is 5.97 Å². The van der Waals surface area contributed by atoms with E-state index in [0.29, 0.717) is 43.9 Å². The Balaban J connectivity index is 1.62. The standard InChI is InChI=1S/C21H31NO3S/c1-5-25-20(24)14-8-10-22(11-9-14)19(23)18-13-15-12-16(21(2,3)4)6-7-17(15)26-18/h13-14,16H,5-12H2,1-4H3. The van der Waals surface area contributed by atoms with E-state index in [0.717, 1.165) is 17.7 Å². The first-order valence-corrected chi connectivity index (χ1v) is 10.7. The summed E-state index contributed by atoms with van der Waals surface area (Å²) in [4.78, 5) is 29.0. The van der Waals surface area contributed by atoms with Crippen LogP contribution in [0.1, 0.15) is 67.1 Å². The molecule has 1 atom stereocenters. The minimum absolute atomic E-state index is 0.0527. The van der Waals surface area contributed by atoms with Gasteiger partial charge in [-0.25, -0.2) is 0 Å². The minimum Gasteiger partial charge on any atom is -0.466 e. The number of carbonyl (C=O) groups excluding carboxylic acids is 2. The fourth-order valence-electron chi connectivity index (χ4n) is 4.10. The molecule has 1 saturated heterocycles. The van der Waals surface area contributed by atoms with E-state index in [1.807, 2.05) is 11.8 Å². The molecule has 1 amide bonds. The van der Waals surface area contributed by atoms with Crippen molar-refractivity contribution in [3.63, 3.8) is 0 Å². The number of carbonyl (C=O) groups is 2. The molecule has 0 spiro atoms. The van der Waals surface area contributed by atoms with Crippen molar-refractivity contribution in [2.75, 3.05) is 19.7 Å². The van der Waals surface area contributed by atoms with Crippen LogP contribution in [-0.2, 0) is 22.4 Å². The molecule has 1 aromatic heterocycles. The van der Waals surface area contributed by atoms with Crippen LogP contribution in [0.2, 0.25) is 0 Å². The second-order valence-corrected chi connectivity index (χ2v) is 9.82. The van der Waals surface area contributed by atoms with Crippen molar-refractivity contribution in [1.29, 1.82) is 0 Å². The molecule has 0 aromatic carbocycles. The lowest BCUT2D eigenvalue weighted by Crippen LogP contribution is -2.40. The molecular weight excluding hydrogens is 346 g/mol. The summed E-state index contributed by atoms with van der Waals surface area (Å²) >= 11 is 1.68. The van der Waals surface area contributed by atoms with Crippen molar-refractivity contribution in [2.24, 2.45) is 17.3 Å². The van der Waals surface area contributed by atoms with Crippen LogP contribution in [-0.4, -0.2) is 36.5 Å². The number of hydrogen-bond donors (Lipinski definition) is 0. The van der Waals surface area contributed by atoms with E-state index >= 15 is 0 Å². The van der Waals surface area contributed by atoms with Crippen LogP contribution in [0, 0.1) is 17.3 Å². The maximum absolute atomic E-state index is 12.9. The number of likely N-dealkylation sites (tertiary alicyclic amines) is 1. The lowest BCUT2D eigenvalue weighted by atomic mass is 9.72. The van der Waals surface area contributed by atoms with Crippen molar-refractivity contribution in [2.45, 2.75) is 59.8 Å². The Hall–Kier alpha value is -1.36. The zero-order valence-corrected chi connectivity index (χ0v) is 17.3. The van der Waals surface area contributed by atoms with Crippen molar-refractivity contribution in [3.05, 3.63) is 21.4 Å². The molecule has 0 radical (unpaired) electrons. The van der Waals surface area contributed by atoms with Gasteiger partial charge in [0.05, 0.1) is 17.4 Å². The summed E-state index contributed by atoms with van der Waals surface area (Å²) in [5.74, 6) is 0.661. The van der Waals surface area contributed by atoms with Crippen LogP contribution in [0.25, 0.3) is 0 Å². The Morgan fingerprint density at radius 2 is 1.92 bits per heavy atom. The molecule has 2 aliphatic rings. The molecule has 0 N–H and O–H groups in total. The highest BCUT2D eigenvalue weighted by molar-refractivity contribution is 7.14. The molecule has 1 unspecified atom stereocenters. The van der Waals surface area contributed by atoms with Gasteiger partial charge in [-0.1, -0.05) is 20.8 Å². The van der Waals surface area contributed by atoms with Crippen molar-refractivity contribution in [3.8, 4) is 0 Å². The molecule has 3 rings (SSSR count). The Morgan fingerprint density at radius 1 is 1.23 bits per heavy atom. The van der Waals surface area contributed by atoms with Crippen LogP contribution in [0.5, 0.6) is 0 Å². The van der Waals surface area contributed by atoms with E-state index < -0.39 is 0 Å². The Bertz CT molecular complexity index is 665. The van der Waals surface area contributed by atoms with E-state index in [1.165, 1.54) is 16.9 Å². The Kier molecular flexibility index (Phi) is 5.75. The normalized spacial score (nSPS) is 21.4. The molecule has 1 aliphatic heterocycles. The SMILES string of the molecule is CCOC(=O)C1CCN(C(=O)c2cc3c(s2)CCC(C(C)(C)C)C3)CC1. The summed E-state index contributed by atoms with van der Waals surface area (Å²) in [7, 11) is 0. The van der Waals surface area contributed by atoms with Gasteiger partial charge in [-0.05, 0) is 62.0 Å². The zero-order chi connectivity index (χ0) is 18.9. The number of thiophene rings is 1. The van der Waals surface area contributed by atoms with Gasteiger partial charge < -0.3 is 9.64 Å². The summed E-state index contributed by atoms with van der Waals surface area (Å²) in [5, 5.41) is 0. The molecule has 26 heavy (non-hydrogen) atoms. The number of fused-ring (bicyclic) bond motifs is 1. The molecule has 5 heteroatoms. The topological polar surface area (TPSA) is 46.6 Å². The van der Waals surface area contributed by atoms with Crippen molar-refractivity contribution >= 4 is 23.2 Å². The maximum Gasteiger partial charge on any atom is 0.309 e. The quantitative estimate of drug-likeness (QED) is 0.737. The molecule has 144 valence electrons. The van der Waals surface area contributed by atoms with E-state index in [9.17, 15) is 9.59 Å². The first kappa shape index (κ1) is 19.4. The first-order chi connectivity index (χ1) is 12.3. The van der Waals surface area contributed by atoms with Gasteiger partial charge in [0.2, 0.25) is 0 Å². The van der Waals surface area contributed by atoms with Crippen LogP contribution < -0.4 is 0 Å². The van der Waals surface area contributed by atoms with Gasteiger partial charge in [-0.3, -0.25) is 9.59 Å². The summed E-state index contributed by atoms with van der Waals surface area (Å²) in [6, 6.07) is 2.14.